The molecule has 0 aliphatic carbocycles. The quantitative estimate of drug-likeness (QED) is 0.751. The van der Waals surface area contributed by atoms with Crippen LogP contribution in [0.2, 0.25) is 0 Å². The van der Waals surface area contributed by atoms with Gasteiger partial charge in [-0.15, -0.1) is 0 Å². The average Bonchev–Trinajstić information content (AvgIpc) is 2.71. The molecule has 0 radical (unpaired) electrons. The third-order valence-electron chi connectivity index (χ3n) is 3.07. The SMILES string of the molecule is CN1CCCC1c1cc(CN)n(C)n1. The van der Waals surface area contributed by atoms with Crippen LogP contribution < -0.4 is 5.73 Å². The third-order valence-corrected chi connectivity index (χ3v) is 3.07. The number of aryl methyl sites for hydroxylation is 1. The minimum absolute atomic E-state index is 0.501. The molecule has 0 bridgehead atoms. The second-order valence-electron chi connectivity index (χ2n) is 4.03. The summed E-state index contributed by atoms with van der Waals surface area (Å²) < 4.78 is 1.89. The van der Waals surface area contributed by atoms with Gasteiger partial charge in [-0.05, 0) is 32.5 Å². The summed E-state index contributed by atoms with van der Waals surface area (Å²) in [6.45, 7) is 1.75. The monoisotopic (exact) mass is 194 g/mol. The van der Waals surface area contributed by atoms with Crippen molar-refractivity contribution in [3.63, 3.8) is 0 Å². The largest absolute Gasteiger partial charge is 0.325 e. The second-order valence-corrected chi connectivity index (χ2v) is 4.03. The van der Waals surface area contributed by atoms with Crippen LogP contribution >= 0.6 is 0 Å². The molecular formula is C10H18N4. The first kappa shape index (κ1) is 9.68. The normalized spacial score (nSPS) is 23.2. The van der Waals surface area contributed by atoms with E-state index in [1.165, 1.54) is 25.1 Å². The topological polar surface area (TPSA) is 47.1 Å². The van der Waals surface area contributed by atoms with Gasteiger partial charge in [0.15, 0.2) is 0 Å². The summed E-state index contributed by atoms with van der Waals surface area (Å²) in [5.41, 5.74) is 7.91. The summed E-state index contributed by atoms with van der Waals surface area (Å²) in [6.07, 6.45) is 2.49. The molecule has 1 aromatic rings. The zero-order chi connectivity index (χ0) is 10.1. The van der Waals surface area contributed by atoms with Crippen LogP contribution in [0.25, 0.3) is 0 Å². The lowest BCUT2D eigenvalue weighted by Gasteiger charge is -2.16. The summed E-state index contributed by atoms with van der Waals surface area (Å²) in [5.74, 6) is 0. The molecule has 1 aliphatic rings. The van der Waals surface area contributed by atoms with Crippen LogP contribution in [0.15, 0.2) is 6.07 Å². The van der Waals surface area contributed by atoms with E-state index < -0.39 is 0 Å². The molecular weight excluding hydrogens is 176 g/mol. The van der Waals surface area contributed by atoms with E-state index in [4.69, 9.17) is 5.73 Å². The smallest absolute Gasteiger partial charge is 0.0799 e. The Hall–Kier alpha value is -0.870. The lowest BCUT2D eigenvalue weighted by molar-refractivity contribution is 0.310. The molecule has 0 saturated carbocycles. The fraction of sp³-hybridized carbons (Fsp3) is 0.700. The number of rotatable bonds is 2. The molecule has 78 valence electrons. The van der Waals surface area contributed by atoms with Gasteiger partial charge in [-0.3, -0.25) is 9.58 Å². The Labute approximate surface area is 84.7 Å². The Bertz CT molecular complexity index is 318. The van der Waals surface area contributed by atoms with Gasteiger partial charge in [-0.2, -0.15) is 5.10 Å². The minimum atomic E-state index is 0.501. The van der Waals surface area contributed by atoms with Crippen molar-refractivity contribution in [3.05, 3.63) is 17.5 Å². The Morgan fingerprint density at radius 1 is 1.57 bits per heavy atom. The van der Waals surface area contributed by atoms with Gasteiger partial charge in [0, 0.05) is 13.6 Å². The zero-order valence-corrected chi connectivity index (χ0v) is 8.90. The van der Waals surface area contributed by atoms with E-state index in [-0.39, 0.29) is 0 Å². The number of hydrogen-bond acceptors (Lipinski definition) is 3. The van der Waals surface area contributed by atoms with E-state index >= 15 is 0 Å². The highest BCUT2D eigenvalue weighted by molar-refractivity contribution is 5.14. The van der Waals surface area contributed by atoms with E-state index in [9.17, 15) is 0 Å². The molecule has 0 amide bonds. The molecule has 14 heavy (non-hydrogen) atoms. The van der Waals surface area contributed by atoms with Crippen molar-refractivity contribution in [2.75, 3.05) is 13.6 Å². The number of nitrogens with zero attached hydrogens (tertiary/aromatic N) is 3. The summed E-state index contributed by atoms with van der Waals surface area (Å²) in [4.78, 5) is 2.36. The van der Waals surface area contributed by atoms with Crippen LogP contribution in [-0.4, -0.2) is 28.3 Å². The number of nitrogens with two attached hydrogens (primary N) is 1. The van der Waals surface area contributed by atoms with Gasteiger partial charge < -0.3 is 5.73 Å². The molecule has 1 saturated heterocycles. The zero-order valence-electron chi connectivity index (χ0n) is 8.90. The van der Waals surface area contributed by atoms with E-state index in [0.717, 1.165) is 5.69 Å². The number of hydrogen-bond donors (Lipinski definition) is 1. The maximum atomic E-state index is 5.62. The van der Waals surface area contributed by atoms with Crippen molar-refractivity contribution in [1.82, 2.24) is 14.7 Å². The molecule has 2 heterocycles. The van der Waals surface area contributed by atoms with Gasteiger partial charge in [-0.25, -0.2) is 0 Å². The van der Waals surface area contributed by atoms with Crippen LogP contribution in [0.4, 0.5) is 0 Å². The van der Waals surface area contributed by atoms with Crippen LogP contribution in [-0.2, 0) is 13.6 Å². The molecule has 4 heteroatoms. The average molecular weight is 194 g/mol. The maximum absolute atomic E-state index is 5.62. The first-order valence-electron chi connectivity index (χ1n) is 5.15. The molecule has 1 fully saturated rings. The molecule has 1 aromatic heterocycles. The van der Waals surface area contributed by atoms with E-state index in [2.05, 4.69) is 23.1 Å². The standard InChI is InChI=1S/C10H18N4/c1-13-5-3-4-10(13)9-6-8(7-11)14(2)12-9/h6,10H,3-5,7,11H2,1-2H3. The third kappa shape index (κ3) is 1.55. The van der Waals surface area contributed by atoms with Gasteiger partial charge in [0.05, 0.1) is 17.4 Å². The van der Waals surface area contributed by atoms with Crippen molar-refractivity contribution < 1.29 is 0 Å². The van der Waals surface area contributed by atoms with Crippen molar-refractivity contribution in [1.29, 1.82) is 0 Å². The highest BCUT2D eigenvalue weighted by Crippen LogP contribution is 2.29. The van der Waals surface area contributed by atoms with Crippen molar-refractivity contribution in [3.8, 4) is 0 Å². The Kier molecular flexibility index (Phi) is 2.56. The van der Waals surface area contributed by atoms with Gasteiger partial charge in [0.1, 0.15) is 0 Å². The summed E-state index contributed by atoms with van der Waals surface area (Å²) >= 11 is 0. The molecule has 2 rings (SSSR count). The Morgan fingerprint density at radius 2 is 2.36 bits per heavy atom. The second kappa shape index (κ2) is 3.71. The van der Waals surface area contributed by atoms with Crippen LogP contribution in [0.5, 0.6) is 0 Å². The van der Waals surface area contributed by atoms with Crippen LogP contribution in [0, 0.1) is 0 Å². The summed E-state index contributed by atoms with van der Waals surface area (Å²) in [6, 6.07) is 2.63. The van der Waals surface area contributed by atoms with Crippen molar-refractivity contribution in [2.45, 2.75) is 25.4 Å². The highest BCUT2D eigenvalue weighted by atomic mass is 15.3. The summed E-state index contributed by atoms with van der Waals surface area (Å²) in [5, 5.41) is 4.51. The maximum Gasteiger partial charge on any atom is 0.0799 e. The highest BCUT2D eigenvalue weighted by Gasteiger charge is 2.25. The fourth-order valence-corrected chi connectivity index (χ4v) is 2.17. The lowest BCUT2D eigenvalue weighted by atomic mass is 10.1. The molecule has 1 atom stereocenters. The molecule has 2 N–H and O–H groups in total. The number of aromatic nitrogens is 2. The predicted octanol–water partition coefficient (Wildman–Crippen LogP) is 0.645. The molecule has 1 aliphatic heterocycles. The molecule has 0 spiro atoms. The van der Waals surface area contributed by atoms with Gasteiger partial charge in [-0.1, -0.05) is 0 Å². The van der Waals surface area contributed by atoms with Gasteiger partial charge in [0.2, 0.25) is 0 Å². The molecule has 0 aromatic carbocycles. The molecule has 4 nitrogen and oxygen atoms in total. The predicted molar refractivity (Wildman–Crippen MR) is 55.7 cm³/mol. The molecule has 1 unspecified atom stereocenters. The fourth-order valence-electron chi connectivity index (χ4n) is 2.17. The van der Waals surface area contributed by atoms with E-state index in [0.29, 0.717) is 12.6 Å². The van der Waals surface area contributed by atoms with Gasteiger partial charge in [0.25, 0.3) is 0 Å². The first-order valence-corrected chi connectivity index (χ1v) is 5.15. The van der Waals surface area contributed by atoms with Gasteiger partial charge >= 0.3 is 0 Å². The first-order chi connectivity index (χ1) is 6.72. The van der Waals surface area contributed by atoms with Crippen LogP contribution in [0.1, 0.15) is 30.3 Å². The van der Waals surface area contributed by atoms with E-state index in [1.807, 2.05) is 11.7 Å². The number of likely N-dealkylation sites (tertiary alicyclic amines) is 1. The van der Waals surface area contributed by atoms with Crippen LogP contribution in [0.3, 0.4) is 0 Å². The minimum Gasteiger partial charge on any atom is -0.325 e. The van der Waals surface area contributed by atoms with E-state index in [1.54, 1.807) is 0 Å². The summed E-state index contributed by atoms with van der Waals surface area (Å²) in [7, 11) is 4.12. The Balaban J connectivity index is 2.23. The Morgan fingerprint density at radius 3 is 2.86 bits per heavy atom. The van der Waals surface area contributed by atoms with Crippen molar-refractivity contribution >= 4 is 0 Å². The van der Waals surface area contributed by atoms with Crippen molar-refractivity contribution in [2.24, 2.45) is 12.8 Å². The lowest BCUT2D eigenvalue weighted by Crippen LogP contribution is -2.17.